The Hall–Kier alpha value is -1.09. The molecule has 0 saturated heterocycles. The van der Waals surface area contributed by atoms with Gasteiger partial charge in [0.1, 0.15) is 5.75 Å². The Morgan fingerprint density at radius 2 is 1.84 bits per heavy atom. The Labute approximate surface area is 116 Å². The molecule has 1 aromatic heterocycles. The summed E-state index contributed by atoms with van der Waals surface area (Å²) in [6.07, 6.45) is 0. The van der Waals surface area contributed by atoms with Crippen LogP contribution in [0.3, 0.4) is 0 Å². The largest absolute Gasteiger partial charge is 0.497 e. The number of methoxy groups -OCH3 is 1. The quantitative estimate of drug-likeness (QED) is 0.885. The van der Waals surface area contributed by atoms with E-state index in [4.69, 9.17) is 4.74 Å². The van der Waals surface area contributed by atoms with Crippen molar-refractivity contribution in [3.05, 3.63) is 23.5 Å². The monoisotopic (exact) mass is 262 g/mol. The van der Waals surface area contributed by atoms with Gasteiger partial charge in [-0.2, -0.15) is 0 Å². The number of rotatable bonds is 5. The van der Waals surface area contributed by atoms with Gasteiger partial charge in [0, 0.05) is 24.4 Å². The van der Waals surface area contributed by atoms with Gasteiger partial charge in [-0.25, -0.2) is 0 Å². The summed E-state index contributed by atoms with van der Waals surface area (Å²) in [7, 11) is 1.70. The van der Waals surface area contributed by atoms with Crippen LogP contribution in [0.4, 0.5) is 0 Å². The molecule has 106 valence electrons. The minimum atomic E-state index is 0.442. The van der Waals surface area contributed by atoms with E-state index in [0.717, 1.165) is 36.1 Å². The molecule has 3 heteroatoms. The zero-order valence-electron chi connectivity index (χ0n) is 13.0. The van der Waals surface area contributed by atoms with E-state index in [-0.39, 0.29) is 0 Å². The zero-order valence-corrected chi connectivity index (χ0v) is 13.0. The van der Waals surface area contributed by atoms with Crippen LogP contribution >= 0.6 is 0 Å². The van der Waals surface area contributed by atoms with Crippen LogP contribution in [-0.2, 0) is 6.54 Å². The zero-order chi connectivity index (χ0) is 14.3. The van der Waals surface area contributed by atoms with Crippen LogP contribution in [-0.4, -0.2) is 18.6 Å². The Morgan fingerprint density at radius 3 is 2.37 bits per heavy atom. The Morgan fingerprint density at radius 1 is 1.21 bits per heavy atom. The Bertz CT molecular complexity index is 452. The van der Waals surface area contributed by atoms with E-state index < -0.39 is 0 Å². The summed E-state index contributed by atoms with van der Waals surface area (Å²) in [6, 6.07) is 3.96. The summed E-state index contributed by atoms with van der Waals surface area (Å²) in [5.41, 5.74) is 2.94. The van der Waals surface area contributed by atoms with Crippen molar-refractivity contribution in [1.82, 2.24) is 10.3 Å². The van der Waals surface area contributed by atoms with Crippen molar-refractivity contribution in [2.45, 2.75) is 41.2 Å². The molecule has 0 bridgehead atoms. The lowest BCUT2D eigenvalue weighted by Gasteiger charge is -2.08. The number of ether oxygens (including phenoxy) is 1. The van der Waals surface area contributed by atoms with Crippen LogP contribution in [0.15, 0.2) is 12.1 Å². The maximum Gasteiger partial charge on any atom is 0.122 e. The molecule has 19 heavy (non-hydrogen) atoms. The minimum absolute atomic E-state index is 0.442. The molecule has 0 aliphatic heterocycles. The smallest absolute Gasteiger partial charge is 0.122 e. The molecule has 1 N–H and O–H groups in total. The predicted octanol–water partition coefficient (Wildman–Crippen LogP) is 3.17. The fourth-order valence-electron chi connectivity index (χ4n) is 3.10. The second kappa shape index (κ2) is 4.78. The maximum absolute atomic E-state index is 5.27. The number of nitrogens with zero attached hydrogens (tertiary/aromatic N) is 1. The van der Waals surface area contributed by atoms with E-state index in [2.05, 4.69) is 38.0 Å². The van der Waals surface area contributed by atoms with Gasteiger partial charge in [0.25, 0.3) is 0 Å². The van der Waals surface area contributed by atoms with Crippen molar-refractivity contribution in [2.24, 2.45) is 16.7 Å². The number of hydrogen-bond donors (Lipinski definition) is 1. The van der Waals surface area contributed by atoms with Crippen LogP contribution < -0.4 is 10.1 Å². The van der Waals surface area contributed by atoms with Crippen LogP contribution in [0.1, 0.15) is 39.1 Å². The van der Waals surface area contributed by atoms with Crippen LogP contribution in [0.5, 0.6) is 5.75 Å². The highest BCUT2D eigenvalue weighted by Crippen LogP contribution is 2.67. The highest BCUT2D eigenvalue weighted by atomic mass is 16.5. The van der Waals surface area contributed by atoms with Crippen molar-refractivity contribution in [2.75, 3.05) is 13.7 Å². The summed E-state index contributed by atoms with van der Waals surface area (Å²) in [6.45, 7) is 13.3. The van der Waals surface area contributed by atoms with Gasteiger partial charge in [0.2, 0.25) is 0 Å². The lowest BCUT2D eigenvalue weighted by atomic mass is 10.0. The molecule has 3 nitrogen and oxygen atoms in total. The lowest BCUT2D eigenvalue weighted by molar-refractivity contribution is 0.412. The number of hydrogen-bond acceptors (Lipinski definition) is 3. The van der Waals surface area contributed by atoms with E-state index in [1.54, 1.807) is 7.11 Å². The second-order valence-corrected chi connectivity index (χ2v) is 6.77. The Balaban J connectivity index is 1.89. The first-order chi connectivity index (χ1) is 8.79. The average molecular weight is 262 g/mol. The molecule has 0 atom stereocenters. The third-order valence-corrected chi connectivity index (χ3v) is 5.19. The van der Waals surface area contributed by atoms with Crippen molar-refractivity contribution >= 4 is 0 Å². The molecule has 1 aliphatic rings. The molecular formula is C16H26N2O. The van der Waals surface area contributed by atoms with Crippen LogP contribution in [0.2, 0.25) is 0 Å². The van der Waals surface area contributed by atoms with Crippen LogP contribution in [0, 0.1) is 23.7 Å². The minimum Gasteiger partial charge on any atom is -0.497 e. The number of aromatic nitrogens is 1. The summed E-state index contributed by atoms with van der Waals surface area (Å²) in [4.78, 5) is 4.53. The lowest BCUT2D eigenvalue weighted by Crippen LogP contribution is -2.19. The van der Waals surface area contributed by atoms with Crippen molar-refractivity contribution < 1.29 is 4.74 Å². The molecule has 1 aliphatic carbocycles. The highest BCUT2D eigenvalue weighted by Gasteiger charge is 2.63. The van der Waals surface area contributed by atoms with E-state index in [1.807, 2.05) is 19.1 Å². The predicted molar refractivity (Wildman–Crippen MR) is 78.3 cm³/mol. The first kappa shape index (κ1) is 14.3. The van der Waals surface area contributed by atoms with Gasteiger partial charge < -0.3 is 10.1 Å². The first-order valence-electron chi connectivity index (χ1n) is 7.01. The van der Waals surface area contributed by atoms with Gasteiger partial charge in [-0.05, 0) is 30.2 Å². The highest BCUT2D eigenvalue weighted by molar-refractivity contribution is 5.26. The topological polar surface area (TPSA) is 34.1 Å². The molecule has 1 saturated carbocycles. The normalized spacial score (nSPS) is 20.3. The van der Waals surface area contributed by atoms with E-state index >= 15 is 0 Å². The van der Waals surface area contributed by atoms with E-state index in [9.17, 15) is 0 Å². The number of aryl methyl sites for hydroxylation is 1. The van der Waals surface area contributed by atoms with Gasteiger partial charge in [0.05, 0.1) is 12.8 Å². The van der Waals surface area contributed by atoms with E-state index in [0.29, 0.717) is 10.8 Å². The summed E-state index contributed by atoms with van der Waals surface area (Å²) >= 11 is 0. The van der Waals surface area contributed by atoms with Gasteiger partial charge in [-0.15, -0.1) is 0 Å². The molecule has 0 amide bonds. The molecule has 0 spiro atoms. The molecule has 0 unspecified atom stereocenters. The summed E-state index contributed by atoms with van der Waals surface area (Å²) in [5, 5.41) is 3.54. The fourth-order valence-corrected chi connectivity index (χ4v) is 3.10. The molecule has 1 fully saturated rings. The molecule has 2 rings (SSSR count). The molecule has 1 aromatic rings. The van der Waals surface area contributed by atoms with E-state index in [1.165, 1.54) is 0 Å². The van der Waals surface area contributed by atoms with Crippen molar-refractivity contribution in [3.8, 4) is 5.75 Å². The van der Waals surface area contributed by atoms with Crippen LogP contribution in [0.25, 0.3) is 0 Å². The number of nitrogens with one attached hydrogen (secondary N) is 1. The first-order valence-corrected chi connectivity index (χ1v) is 7.01. The Kier molecular flexibility index (Phi) is 3.61. The maximum atomic E-state index is 5.27. The third-order valence-electron chi connectivity index (χ3n) is 5.19. The van der Waals surface area contributed by atoms with Gasteiger partial charge in [-0.1, -0.05) is 27.7 Å². The van der Waals surface area contributed by atoms with Crippen molar-refractivity contribution in [3.63, 3.8) is 0 Å². The number of pyridine rings is 1. The third kappa shape index (κ3) is 2.62. The molecule has 1 heterocycles. The van der Waals surface area contributed by atoms with Gasteiger partial charge >= 0.3 is 0 Å². The SMILES string of the molecule is COc1cc(C)nc(CNCC2C(C)(C)C2(C)C)c1. The fraction of sp³-hybridized carbons (Fsp3) is 0.688. The van der Waals surface area contributed by atoms with Crippen molar-refractivity contribution in [1.29, 1.82) is 0 Å². The molecule has 0 radical (unpaired) electrons. The standard InChI is InChI=1S/C16H26N2O/c1-11-7-13(19-6)8-12(18-11)9-17-10-14-15(2,3)16(14,4)5/h7-8,14,17H,9-10H2,1-6H3. The summed E-state index contributed by atoms with van der Waals surface area (Å²) in [5.74, 6) is 1.63. The van der Waals surface area contributed by atoms with Gasteiger partial charge in [-0.3, -0.25) is 4.98 Å². The second-order valence-electron chi connectivity index (χ2n) is 6.77. The average Bonchev–Trinajstić information content (AvgIpc) is 2.70. The molecular weight excluding hydrogens is 236 g/mol. The summed E-state index contributed by atoms with van der Waals surface area (Å²) < 4.78 is 5.27. The van der Waals surface area contributed by atoms with Gasteiger partial charge in [0.15, 0.2) is 0 Å². The molecule has 0 aromatic carbocycles.